The molecular weight excluding hydrogens is 458 g/mol. The highest BCUT2D eigenvalue weighted by molar-refractivity contribution is 7.89. The summed E-state index contributed by atoms with van der Waals surface area (Å²) in [5.74, 6) is 0. The Bertz CT molecular complexity index is 1360. The van der Waals surface area contributed by atoms with Gasteiger partial charge in [-0.3, -0.25) is 15.0 Å². The van der Waals surface area contributed by atoms with Crippen LogP contribution in [-0.2, 0) is 16.6 Å². The Labute approximate surface area is 189 Å². The second-order valence-electron chi connectivity index (χ2n) is 7.62. The van der Waals surface area contributed by atoms with E-state index in [1.54, 1.807) is 12.1 Å². The highest BCUT2D eigenvalue weighted by atomic mass is 35.5. The van der Waals surface area contributed by atoms with E-state index in [0.29, 0.717) is 30.2 Å². The third-order valence-electron chi connectivity index (χ3n) is 5.50. The lowest BCUT2D eigenvalue weighted by molar-refractivity contribution is -0.385. The van der Waals surface area contributed by atoms with Gasteiger partial charge >= 0.3 is 5.63 Å². The molecule has 0 N–H and O–H groups in total. The van der Waals surface area contributed by atoms with E-state index < -0.39 is 20.6 Å². The van der Waals surface area contributed by atoms with Crippen molar-refractivity contribution < 1.29 is 17.8 Å². The van der Waals surface area contributed by atoms with Crippen LogP contribution in [-0.4, -0.2) is 48.7 Å². The fourth-order valence-corrected chi connectivity index (χ4v) is 5.38. The lowest BCUT2D eigenvalue weighted by Gasteiger charge is -2.34. The van der Waals surface area contributed by atoms with Crippen LogP contribution in [0.25, 0.3) is 11.0 Å². The average molecular weight is 478 g/mol. The van der Waals surface area contributed by atoms with E-state index in [-0.39, 0.29) is 23.7 Å². The molecule has 1 aliphatic heterocycles. The summed E-state index contributed by atoms with van der Waals surface area (Å²) in [6.45, 7) is 3.60. The Morgan fingerprint density at radius 1 is 1.12 bits per heavy atom. The third-order valence-corrected chi connectivity index (χ3v) is 7.80. The van der Waals surface area contributed by atoms with E-state index in [2.05, 4.69) is 0 Å². The molecule has 0 amide bonds. The summed E-state index contributed by atoms with van der Waals surface area (Å²) in [5.41, 5.74) is 1.29. The van der Waals surface area contributed by atoms with E-state index in [0.717, 1.165) is 22.6 Å². The Morgan fingerprint density at radius 3 is 2.53 bits per heavy atom. The minimum atomic E-state index is -3.85. The summed E-state index contributed by atoms with van der Waals surface area (Å²) >= 11 is 6.25. The predicted molar refractivity (Wildman–Crippen MR) is 119 cm³/mol. The molecule has 1 fully saturated rings. The van der Waals surface area contributed by atoms with Gasteiger partial charge in [-0.05, 0) is 36.2 Å². The molecule has 0 radical (unpaired) electrons. The number of hydrogen-bond acceptors (Lipinski definition) is 7. The molecule has 168 valence electrons. The first kappa shape index (κ1) is 22.4. The molecular formula is C21H20ClN3O6S. The maximum atomic E-state index is 12.9. The van der Waals surface area contributed by atoms with Crippen molar-refractivity contribution in [1.29, 1.82) is 0 Å². The van der Waals surface area contributed by atoms with Crippen molar-refractivity contribution in [3.8, 4) is 0 Å². The first-order valence-corrected chi connectivity index (χ1v) is 11.7. The van der Waals surface area contributed by atoms with Crippen LogP contribution in [0.3, 0.4) is 0 Å². The summed E-state index contributed by atoms with van der Waals surface area (Å²) in [7, 11) is -3.85. The number of piperazine rings is 1. The zero-order valence-corrected chi connectivity index (χ0v) is 18.7. The Hall–Kier alpha value is -2.79. The Kier molecular flexibility index (Phi) is 6.04. The second-order valence-corrected chi connectivity index (χ2v) is 9.97. The van der Waals surface area contributed by atoms with Crippen molar-refractivity contribution in [2.75, 3.05) is 26.2 Å². The van der Waals surface area contributed by atoms with Gasteiger partial charge in [-0.25, -0.2) is 13.2 Å². The second kappa shape index (κ2) is 8.62. The van der Waals surface area contributed by atoms with Crippen LogP contribution in [0.4, 0.5) is 5.69 Å². The van der Waals surface area contributed by atoms with Gasteiger partial charge < -0.3 is 4.42 Å². The molecule has 0 saturated carbocycles. The minimum absolute atomic E-state index is 0.100. The van der Waals surface area contributed by atoms with Crippen molar-refractivity contribution >= 4 is 38.3 Å². The number of nitrogens with zero attached hydrogens (tertiary/aromatic N) is 3. The number of halogens is 1. The monoisotopic (exact) mass is 477 g/mol. The molecule has 9 nitrogen and oxygen atoms in total. The zero-order valence-electron chi connectivity index (χ0n) is 17.2. The van der Waals surface area contributed by atoms with Crippen LogP contribution in [0.15, 0.2) is 56.6 Å². The van der Waals surface area contributed by atoms with Gasteiger partial charge in [-0.1, -0.05) is 17.7 Å². The molecule has 0 atom stereocenters. The van der Waals surface area contributed by atoms with Crippen LogP contribution in [0.1, 0.15) is 11.1 Å². The Balaban J connectivity index is 1.51. The first-order valence-electron chi connectivity index (χ1n) is 9.85. The van der Waals surface area contributed by atoms with Crippen LogP contribution in [0.2, 0.25) is 5.02 Å². The minimum Gasteiger partial charge on any atom is -0.423 e. The number of rotatable bonds is 5. The van der Waals surface area contributed by atoms with Gasteiger partial charge in [0.25, 0.3) is 5.69 Å². The molecule has 0 bridgehead atoms. The maximum Gasteiger partial charge on any atom is 0.336 e. The predicted octanol–water partition coefficient (Wildman–Crippen LogP) is 3.17. The molecule has 1 aliphatic rings. The summed E-state index contributed by atoms with van der Waals surface area (Å²) in [5, 5.41) is 12.3. The zero-order chi connectivity index (χ0) is 23.0. The molecule has 0 aliphatic carbocycles. The van der Waals surface area contributed by atoms with Crippen LogP contribution in [0, 0.1) is 17.0 Å². The maximum absolute atomic E-state index is 12.9. The number of non-ortho nitro benzene ring substituents is 1. The number of sulfonamides is 1. The SMILES string of the molecule is Cc1cc2oc(=O)cc(CN3CCN(S(=O)(=O)c4cccc([N+](=O)[O-])c4)CC3)c2cc1Cl. The summed E-state index contributed by atoms with van der Waals surface area (Å²) in [4.78, 5) is 24.3. The molecule has 4 rings (SSSR count). The van der Waals surface area contributed by atoms with Crippen molar-refractivity contribution in [2.24, 2.45) is 0 Å². The van der Waals surface area contributed by atoms with E-state index in [1.165, 1.54) is 28.6 Å². The number of hydrogen-bond donors (Lipinski definition) is 0. The van der Waals surface area contributed by atoms with Crippen molar-refractivity contribution in [3.63, 3.8) is 0 Å². The van der Waals surface area contributed by atoms with Gasteiger partial charge in [0.2, 0.25) is 10.0 Å². The highest BCUT2D eigenvalue weighted by Gasteiger charge is 2.29. The molecule has 1 aromatic heterocycles. The first-order chi connectivity index (χ1) is 15.1. The molecule has 2 aromatic carbocycles. The van der Waals surface area contributed by atoms with Crippen molar-refractivity contribution in [1.82, 2.24) is 9.21 Å². The number of benzene rings is 2. The molecule has 0 spiro atoms. The normalized spacial score (nSPS) is 15.8. The van der Waals surface area contributed by atoms with Gasteiger partial charge in [-0.2, -0.15) is 4.31 Å². The highest BCUT2D eigenvalue weighted by Crippen LogP contribution is 2.27. The van der Waals surface area contributed by atoms with Gasteiger partial charge in [-0.15, -0.1) is 0 Å². The van der Waals surface area contributed by atoms with Gasteiger partial charge in [0, 0.05) is 61.3 Å². The number of nitro groups is 1. The lowest BCUT2D eigenvalue weighted by atomic mass is 10.1. The lowest BCUT2D eigenvalue weighted by Crippen LogP contribution is -2.48. The van der Waals surface area contributed by atoms with Gasteiger partial charge in [0.15, 0.2) is 0 Å². The average Bonchev–Trinajstić information content (AvgIpc) is 2.75. The summed E-state index contributed by atoms with van der Waals surface area (Å²) in [6, 6.07) is 9.98. The fourth-order valence-electron chi connectivity index (χ4n) is 3.75. The number of aryl methyl sites for hydroxylation is 1. The summed E-state index contributed by atoms with van der Waals surface area (Å²) in [6.07, 6.45) is 0. The van der Waals surface area contributed by atoms with E-state index in [4.69, 9.17) is 16.0 Å². The van der Waals surface area contributed by atoms with Crippen molar-refractivity contribution in [2.45, 2.75) is 18.4 Å². The van der Waals surface area contributed by atoms with E-state index >= 15 is 0 Å². The third kappa shape index (κ3) is 4.40. The quantitative estimate of drug-likeness (QED) is 0.315. The van der Waals surface area contributed by atoms with Crippen molar-refractivity contribution in [3.05, 3.63) is 79.1 Å². The van der Waals surface area contributed by atoms with Crippen LogP contribution >= 0.6 is 11.6 Å². The largest absolute Gasteiger partial charge is 0.423 e. The molecule has 3 aromatic rings. The Morgan fingerprint density at radius 2 is 1.84 bits per heavy atom. The molecule has 2 heterocycles. The number of nitro benzene ring substituents is 1. The van der Waals surface area contributed by atoms with Crippen LogP contribution < -0.4 is 5.63 Å². The van der Waals surface area contributed by atoms with E-state index in [9.17, 15) is 23.3 Å². The number of fused-ring (bicyclic) bond motifs is 1. The summed E-state index contributed by atoms with van der Waals surface area (Å²) < 4.78 is 32.5. The topological polar surface area (TPSA) is 114 Å². The van der Waals surface area contributed by atoms with Gasteiger partial charge in [0.05, 0.1) is 9.82 Å². The smallest absolute Gasteiger partial charge is 0.336 e. The standard InChI is InChI=1S/C21H20ClN3O6S/c1-14-9-20-18(12-19(14)22)15(10-21(26)31-20)13-23-5-7-24(8-6-23)32(29,30)17-4-2-3-16(11-17)25(27)28/h2-4,9-12H,5-8,13H2,1H3. The molecule has 0 unspecified atom stereocenters. The van der Waals surface area contributed by atoms with Crippen LogP contribution in [0.5, 0.6) is 0 Å². The molecule has 32 heavy (non-hydrogen) atoms. The van der Waals surface area contributed by atoms with E-state index in [1.807, 2.05) is 11.8 Å². The fraction of sp³-hybridized carbons (Fsp3) is 0.286. The van der Waals surface area contributed by atoms with Gasteiger partial charge in [0.1, 0.15) is 5.58 Å². The molecule has 1 saturated heterocycles. The molecule has 11 heteroatoms.